The lowest BCUT2D eigenvalue weighted by molar-refractivity contribution is -0.127. The molecular weight excluding hydrogens is 296 g/mol. The van der Waals surface area contributed by atoms with Crippen LogP contribution in [-0.4, -0.2) is 40.4 Å². The lowest BCUT2D eigenvalue weighted by Gasteiger charge is -2.16. The van der Waals surface area contributed by atoms with Crippen LogP contribution >= 0.6 is 11.3 Å². The van der Waals surface area contributed by atoms with Gasteiger partial charge in [0.1, 0.15) is 22.5 Å². The topological polar surface area (TPSA) is 58.1 Å². The predicted octanol–water partition coefficient (Wildman–Crippen LogP) is 2.52. The molecule has 116 valence electrons. The Morgan fingerprint density at radius 3 is 2.86 bits per heavy atom. The summed E-state index contributed by atoms with van der Waals surface area (Å²) >= 11 is 1.80. The minimum Gasteiger partial charge on any atom is -0.358 e. The van der Waals surface area contributed by atoms with Crippen molar-refractivity contribution in [1.29, 1.82) is 0 Å². The van der Waals surface area contributed by atoms with E-state index in [4.69, 9.17) is 0 Å². The number of carbonyl (C=O) groups is 1. The van der Waals surface area contributed by atoms with Gasteiger partial charge in [-0.05, 0) is 44.6 Å². The normalized spacial score (nSPS) is 21.5. The van der Waals surface area contributed by atoms with Gasteiger partial charge >= 0.3 is 0 Å². The van der Waals surface area contributed by atoms with Gasteiger partial charge < -0.3 is 10.2 Å². The van der Waals surface area contributed by atoms with E-state index >= 15 is 0 Å². The van der Waals surface area contributed by atoms with Gasteiger partial charge in [-0.15, -0.1) is 11.3 Å². The van der Waals surface area contributed by atoms with E-state index in [1.807, 2.05) is 14.0 Å². The SMILES string of the molecule is Cc1nc(NC2CCN(C)C2=O)c2c3c(sc2n1)CCCC3. The zero-order chi connectivity index (χ0) is 15.3. The molecule has 0 spiro atoms. The van der Waals surface area contributed by atoms with Crippen LogP contribution < -0.4 is 5.32 Å². The lowest BCUT2D eigenvalue weighted by atomic mass is 9.97. The van der Waals surface area contributed by atoms with Crippen LogP contribution in [0.2, 0.25) is 0 Å². The van der Waals surface area contributed by atoms with Crippen molar-refractivity contribution in [2.75, 3.05) is 18.9 Å². The van der Waals surface area contributed by atoms with E-state index in [2.05, 4.69) is 15.3 Å². The monoisotopic (exact) mass is 316 g/mol. The summed E-state index contributed by atoms with van der Waals surface area (Å²) < 4.78 is 0. The van der Waals surface area contributed by atoms with Crippen molar-refractivity contribution in [2.45, 2.75) is 45.1 Å². The van der Waals surface area contributed by atoms with Crippen LogP contribution in [0.1, 0.15) is 35.5 Å². The maximum Gasteiger partial charge on any atom is 0.244 e. The number of carbonyl (C=O) groups excluding carboxylic acids is 1. The van der Waals surface area contributed by atoms with E-state index in [1.165, 1.54) is 23.3 Å². The van der Waals surface area contributed by atoms with Crippen LogP contribution in [-0.2, 0) is 17.6 Å². The zero-order valence-corrected chi connectivity index (χ0v) is 13.8. The third-order valence-electron chi connectivity index (χ3n) is 4.66. The molecule has 0 radical (unpaired) electrons. The molecule has 1 aliphatic carbocycles. The first-order valence-corrected chi connectivity index (χ1v) is 8.75. The lowest BCUT2D eigenvalue weighted by Crippen LogP contribution is -2.31. The smallest absolute Gasteiger partial charge is 0.244 e. The number of likely N-dealkylation sites (N-methyl/N-ethyl adjacent to an activating group) is 1. The van der Waals surface area contributed by atoms with E-state index in [-0.39, 0.29) is 11.9 Å². The zero-order valence-electron chi connectivity index (χ0n) is 13.0. The molecule has 0 aromatic carbocycles. The molecule has 2 aromatic heterocycles. The molecule has 1 saturated heterocycles. The van der Waals surface area contributed by atoms with Crippen LogP contribution in [0.4, 0.5) is 5.82 Å². The number of hydrogen-bond acceptors (Lipinski definition) is 5. The number of nitrogens with one attached hydrogen (secondary N) is 1. The molecule has 1 atom stereocenters. The molecule has 0 saturated carbocycles. The molecule has 1 amide bonds. The van der Waals surface area contributed by atoms with Crippen LogP contribution in [0, 0.1) is 6.92 Å². The average Bonchev–Trinajstić information content (AvgIpc) is 3.01. The van der Waals surface area contributed by atoms with Crippen molar-refractivity contribution in [1.82, 2.24) is 14.9 Å². The number of hydrogen-bond donors (Lipinski definition) is 1. The summed E-state index contributed by atoms with van der Waals surface area (Å²) in [6.45, 7) is 2.73. The number of fused-ring (bicyclic) bond motifs is 3. The van der Waals surface area contributed by atoms with Crippen LogP contribution in [0.3, 0.4) is 0 Å². The van der Waals surface area contributed by atoms with E-state index in [1.54, 1.807) is 16.2 Å². The Hall–Kier alpha value is -1.69. The second-order valence-electron chi connectivity index (χ2n) is 6.26. The van der Waals surface area contributed by atoms with Crippen LogP contribution in [0.5, 0.6) is 0 Å². The third-order valence-corrected chi connectivity index (χ3v) is 5.85. The fourth-order valence-electron chi connectivity index (χ4n) is 3.49. The van der Waals surface area contributed by atoms with E-state index in [0.29, 0.717) is 0 Å². The summed E-state index contributed by atoms with van der Waals surface area (Å²) in [7, 11) is 1.86. The molecule has 2 aromatic rings. The molecule has 5 nitrogen and oxygen atoms in total. The molecular formula is C16H20N4OS. The highest BCUT2D eigenvalue weighted by Gasteiger charge is 2.30. The first kappa shape index (κ1) is 13.9. The minimum atomic E-state index is -0.151. The van der Waals surface area contributed by atoms with Crippen molar-refractivity contribution < 1.29 is 4.79 Å². The summed E-state index contributed by atoms with van der Waals surface area (Å²) in [5.41, 5.74) is 1.41. The Morgan fingerprint density at radius 1 is 1.27 bits per heavy atom. The average molecular weight is 316 g/mol. The Morgan fingerprint density at radius 2 is 2.09 bits per heavy atom. The Kier molecular flexibility index (Phi) is 3.29. The van der Waals surface area contributed by atoms with Crippen molar-refractivity contribution in [3.63, 3.8) is 0 Å². The fraction of sp³-hybridized carbons (Fsp3) is 0.562. The van der Waals surface area contributed by atoms with Gasteiger partial charge in [-0.2, -0.15) is 0 Å². The second kappa shape index (κ2) is 5.19. The van der Waals surface area contributed by atoms with Crippen molar-refractivity contribution in [3.8, 4) is 0 Å². The second-order valence-corrected chi connectivity index (χ2v) is 7.34. The van der Waals surface area contributed by atoms with Crippen LogP contribution in [0.25, 0.3) is 10.2 Å². The molecule has 1 unspecified atom stereocenters. The number of anilines is 1. The first-order chi connectivity index (χ1) is 10.6. The number of rotatable bonds is 2. The number of amides is 1. The quantitative estimate of drug-likeness (QED) is 0.925. The van der Waals surface area contributed by atoms with Crippen molar-refractivity contribution in [3.05, 3.63) is 16.3 Å². The maximum atomic E-state index is 12.2. The summed E-state index contributed by atoms with van der Waals surface area (Å²) in [5.74, 6) is 1.79. The van der Waals surface area contributed by atoms with Gasteiger partial charge in [-0.25, -0.2) is 9.97 Å². The molecule has 4 rings (SSSR count). The fourth-order valence-corrected chi connectivity index (χ4v) is 4.80. The van der Waals surface area contributed by atoms with Gasteiger partial charge in [-0.3, -0.25) is 4.79 Å². The third kappa shape index (κ3) is 2.17. The highest BCUT2D eigenvalue weighted by molar-refractivity contribution is 7.19. The number of likely N-dealkylation sites (tertiary alicyclic amines) is 1. The molecule has 6 heteroatoms. The van der Waals surface area contributed by atoms with Crippen molar-refractivity contribution >= 4 is 33.3 Å². The van der Waals surface area contributed by atoms with Crippen LogP contribution in [0.15, 0.2) is 0 Å². The first-order valence-electron chi connectivity index (χ1n) is 7.94. The molecule has 3 heterocycles. The summed E-state index contributed by atoms with van der Waals surface area (Å²) in [4.78, 5) is 25.7. The number of thiophene rings is 1. The summed E-state index contributed by atoms with van der Waals surface area (Å²) in [5, 5.41) is 4.57. The maximum absolute atomic E-state index is 12.2. The standard InChI is InChI=1S/C16H20N4OS/c1-9-17-14(19-11-7-8-20(2)16(11)21)13-10-5-3-4-6-12(10)22-15(13)18-9/h11H,3-8H2,1-2H3,(H,17,18,19). The number of aromatic nitrogens is 2. The van der Waals surface area contributed by atoms with Gasteiger partial charge in [0, 0.05) is 18.5 Å². The molecule has 1 fully saturated rings. The number of nitrogens with zero attached hydrogens (tertiary/aromatic N) is 3. The van der Waals surface area contributed by atoms with Gasteiger partial charge in [0.15, 0.2) is 0 Å². The predicted molar refractivity (Wildman–Crippen MR) is 88.5 cm³/mol. The highest BCUT2D eigenvalue weighted by Crippen LogP contribution is 2.39. The molecule has 22 heavy (non-hydrogen) atoms. The minimum absolute atomic E-state index is 0.151. The molecule has 2 aliphatic rings. The van der Waals surface area contributed by atoms with Gasteiger partial charge in [0.25, 0.3) is 0 Å². The molecule has 0 bridgehead atoms. The summed E-state index contributed by atoms with van der Waals surface area (Å²) in [6, 6.07) is -0.151. The summed E-state index contributed by atoms with van der Waals surface area (Å²) in [6.07, 6.45) is 5.60. The highest BCUT2D eigenvalue weighted by atomic mass is 32.1. The Labute approximate surface area is 133 Å². The van der Waals surface area contributed by atoms with Gasteiger partial charge in [0.2, 0.25) is 5.91 Å². The van der Waals surface area contributed by atoms with E-state index < -0.39 is 0 Å². The van der Waals surface area contributed by atoms with Gasteiger partial charge in [-0.1, -0.05) is 0 Å². The van der Waals surface area contributed by atoms with E-state index in [0.717, 1.165) is 47.7 Å². The molecule has 1 N–H and O–H groups in total. The Balaban J connectivity index is 1.79. The Bertz CT molecular complexity index is 754. The van der Waals surface area contributed by atoms with E-state index in [9.17, 15) is 4.79 Å². The molecule has 1 aliphatic heterocycles. The largest absolute Gasteiger partial charge is 0.358 e. The van der Waals surface area contributed by atoms with Crippen molar-refractivity contribution in [2.24, 2.45) is 0 Å². The van der Waals surface area contributed by atoms with Gasteiger partial charge in [0.05, 0.1) is 5.39 Å². The number of aryl methyl sites for hydroxylation is 3.